The van der Waals surface area contributed by atoms with Gasteiger partial charge in [-0.1, -0.05) is 41.5 Å². The van der Waals surface area contributed by atoms with Gasteiger partial charge in [0.2, 0.25) is 17.7 Å². The first kappa shape index (κ1) is 37.2. The summed E-state index contributed by atoms with van der Waals surface area (Å²) in [5, 5.41) is 40.9. The maximum Gasteiger partial charge on any atom is 0.226 e. The maximum absolute atomic E-state index is 13.7. The summed E-state index contributed by atoms with van der Waals surface area (Å²) in [5.41, 5.74) is -2.95. The van der Waals surface area contributed by atoms with Gasteiger partial charge >= 0.3 is 0 Å². The number of carbonyl (C=O) groups is 3. The van der Waals surface area contributed by atoms with Gasteiger partial charge in [-0.2, -0.15) is 0 Å². The average Bonchev–Trinajstić information content (AvgIpc) is 2.83. The van der Waals surface area contributed by atoms with Crippen LogP contribution in [0.25, 0.3) is 0 Å². The van der Waals surface area contributed by atoms with Gasteiger partial charge in [-0.25, -0.2) is 0 Å². The third-order valence-corrected chi connectivity index (χ3v) is 7.37. The van der Waals surface area contributed by atoms with E-state index in [9.17, 15) is 29.7 Å². The van der Waals surface area contributed by atoms with Crippen LogP contribution in [0.3, 0.4) is 0 Å². The minimum atomic E-state index is -1.06. The van der Waals surface area contributed by atoms with Crippen molar-refractivity contribution in [1.29, 1.82) is 0 Å². The maximum atomic E-state index is 13.7. The quantitative estimate of drug-likeness (QED) is 0.120. The minimum absolute atomic E-state index is 0.0425. The summed E-state index contributed by atoms with van der Waals surface area (Å²) in [6, 6.07) is 0. The molecule has 0 radical (unpaired) electrons. The van der Waals surface area contributed by atoms with Crippen molar-refractivity contribution in [3.05, 3.63) is 0 Å². The lowest BCUT2D eigenvalue weighted by molar-refractivity contribution is -0.143. The lowest BCUT2D eigenvalue weighted by Gasteiger charge is -2.43. The average molecular weight is 559 g/mol. The van der Waals surface area contributed by atoms with Crippen LogP contribution in [0, 0.1) is 22.2 Å². The molecule has 7 unspecified atom stereocenters. The predicted molar refractivity (Wildman–Crippen MR) is 155 cm³/mol. The fraction of sp³-hybridized carbons (Fsp3) is 0.897. The molecule has 39 heavy (non-hydrogen) atoms. The summed E-state index contributed by atoms with van der Waals surface area (Å²) in [5.74, 6) is -0.656. The van der Waals surface area contributed by atoms with Gasteiger partial charge in [-0.05, 0) is 65.3 Å². The van der Waals surface area contributed by atoms with Crippen molar-refractivity contribution >= 4 is 17.7 Å². The zero-order valence-electron chi connectivity index (χ0n) is 25.9. The Bertz CT molecular complexity index is 762. The van der Waals surface area contributed by atoms with Crippen molar-refractivity contribution in [2.75, 3.05) is 32.7 Å². The molecule has 0 spiro atoms. The molecule has 0 aromatic carbocycles. The largest absolute Gasteiger partial charge is 0.392 e. The molecule has 0 aliphatic heterocycles. The van der Waals surface area contributed by atoms with Crippen LogP contribution in [0.4, 0.5) is 0 Å². The van der Waals surface area contributed by atoms with Crippen LogP contribution in [0.1, 0.15) is 94.4 Å². The number of rotatable bonds is 20. The summed E-state index contributed by atoms with van der Waals surface area (Å²) in [7, 11) is 0. The molecular weight excluding hydrogens is 500 g/mol. The zero-order valence-corrected chi connectivity index (χ0v) is 25.9. The molecule has 0 saturated heterocycles. The Hall–Kier alpha value is -1.75. The summed E-state index contributed by atoms with van der Waals surface area (Å²) in [4.78, 5) is 40.6. The van der Waals surface area contributed by atoms with Crippen molar-refractivity contribution in [2.45, 2.75) is 113 Å². The highest BCUT2D eigenvalue weighted by Gasteiger charge is 2.49. The molecule has 0 aromatic rings. The van der Waals surface area contributed by atoms with E-state index in [1.54, 1.807) is 20.8 Å². The van der Waals surface area contributed by atoms with Crippen LogP contribution < -0.4 is 21.3 Å². The highest BCUT2D eigenvalue weighted by atomic mass is 16.3. The monoisotopic (exact) mass is 558 g/mol. The minimum Gasteiger partial charge on any atom is -0.392 e. The van der Waals surface area contributed by atoms with Crippen LogP contribution >= 0.6 is 0 Å². The van der Waals surface area contributed by atoms with E-state index in [1.807, 2.05) is 41.5 Å². The molecule has 0 bridgehead atoms. The lowest BCUT2D eigenvalue weighted by Crippen LogP contribution is -2.52. The van der Waals surface area contributed by atoms with E-state index in [-0.39, 0.29) is 49.6 Å². The van der Waals surface area contributed by atoms with Crippen molar-refractivity contribution in [1.82, 2.24) is 21.3 Å². The molecule has 10 nitrogen and oxygen atoms in total. The molecule has 10 heteroatoms. The number of hydrogen-bond acceptors (Lipinski definition) is 7. The van der Waals surface area contributed by atoms with Crippen molar-refractivity contribution in [3.8, 4) is 0 Å². The summed E-state index contributed by atoms with van der Waals surface area (Å²) in [6.45, 7) is 18.0. The van der Waals surface area contributed by atoms with E-state index in [4.69, 9.17) is 0 Å². The van der Waals surface area contributed by atoms with Gasteiger partial charge in [0.15, 0.2) is 0 Å². The molecular formula is C29H58N4O6. The second-order valence-corrected chi connectivity index (χ2v) is 12.6. The Morgan fingerprint density at radius 2 is 1.08 bits per heavy atom. The molecule has 0 aliphatic rings. The predicted octanol–water partition coefficient (Wildman–Crippen LogP) is 1.71. The zero-order chi connectivity index (χ0) is 30.4. The molecule has 0 heterocycles. The van der Waals surface area contributed by atoms with Crippen LogP contribution in [0.2, 0.25) is 0 Å². The van der Waals surface area contributed by atoms with Crippen LogP contribution in [-0.4, -0.2) is 84.1 Å². The summed E-state index contributed by atoms with van der Waals surface area (Å²) >= 11 is 0. The topological polar surface area (TPSA) is 160 Å². The summed E-state index contributed by atoms with van der Waals surface area (Å²) < 4.78 is 0. The molecule has 0 fully saturated rings. The van der Waals surface area contributed by atoms with Gasteiger partial charge in [0.05, 0.1) is 18.3 Å². The molecule has 7 N–H and O–H groups in total. The Balaban J connectivity index is 6.34. The SMILES string of the molecule is CCCNC(=O)C(C)(CC(C)(CC)C(=O)NCC(C)O)CC(C)(CC(C)CNCC(C)O)C(=O)NCC(C)O. The van der Waals surface area contributed by atoms with Gasteiger partial charge in [-0.3, -0.25) is 14.4 Å². The molecule has 0 rings (SSSR count). The number of aliphatic hydroxyl groups excluding tert-OH is 3. The van der Waals surface area contributed by atoms with Gasteiger partial charge in [0, 0.05) is 42.4 Å². The smallest absolute Gasteiger partial charge is 0.226 e. The normalized spacial score (nSPS) is 19.4. The summed E-state index contributed by atoms with van der Waals surface area (Å²) in [6.07, 6.45) is 0.184. The van der Waals surface area contributed by atoms with Crippen LogP contribution in [-0.2, 0) is 14.4 Å². The Kier molecular flexibility index (Phi) is 16.4. The molecule has 0 aliphatic carbocycles. The number of carbonyl (C=O) groups excluding carboxylic acids is 3. The second kappa shape index (κ2) is 17.1. The number of nitrogens with one attached hydrogen (secondary N) is 4. The Labute approximate surface area is 236 Å². The van der Waals surface area contributed by atoms with E-state index in [0.29, 0.717) is 32.5 Å². The number of aliphatic hydroxyl groups is 3. The first-order chi connectivity index (χ1) is 17.9. The highest BCUT2D eigenvalue weighted by Crippen LogP contribution is 2.46. The first-order valence-corrected chi connectivity index (χ1v) is 14.5. The molecule has 0 aromatic heterocycles. The third-order valence-electron chi connectivity index (χ3n) is 7.37. The number of hydrogen-bond donors (Lipinski definition) is 7. The van der Waals surface area contributed by atoms with E-state index >= 15 is 0 Å². The van der Waals surface area contributed by atoms with Crippen LogP contribution in [0.15, 0.2) is 0 Å². The van der Waals surface area contributed by atoms with Crippen molar-refractivity contribution in [2.24, 2.45) is 22.2 Å². The molecule has 0 saturated carbocycles. The van der Waals surface area contributed by atoms with Gasteiger partial charge in [-0.15, -0.1) is 0 Å². The van der Waals surface area contributed by atoms with E-state index in [2.05, 4.69) is 21.3 Å². The van der Waals surface area contributed by atoms with Crippen molar-refractivity contribution in [3.63, 3.8) is 0 Å². The Morgan fingerprint density at radius 3 is 1.51 bits per heavy atom. The van der Waals surface area contributed by atoms with Gasteiger partial charge in [0.25, 0.3) is 0 Å². The Morgan fingerprint density at radius 1 is 0.641 bits per heavy atom. The fourth-order valence-electron chi connectivity index (χ4n) is 5.30. The highest BCUT2D eigenvalue weighted by molar-refractivity contribution is 5.88. The standard InChI is InChI=1S/C29H58N4O6/c1-10-12-31-26(39)29(9,18-27(7,11-2)24(37)32-16-22(5)35)19-28(8,25(38)33-17-23(6)36)13-20(3)14-30-15-21(4)34/h20-23,30,34-36H,10-19H2,1-9H3,(H,31,39)(H,32,37)(H,33,38). The fourth-order valence-corrected chi connectivity index (χ4v) is 5.30. The molecule has 7 atom stereocenters. The van der Waals surface area contributed by atoms with E-state index in [0.717, 1.165) is 6.42 Å². The first-order valence-electron chi connectivity index (χ1n) is 14.5. The molecule has 230 valence electrons. The molecule has 3 amide bonds. The van der Waals surface area contributed by atoms with E-state index in [1.165, 1.54) is 0 Å². The van der Waals surface area contributed by atoms with E-state index < -0.39 is 34.6 Å². The number of amides is 3. The third kappa shape index (κ3) is 13.4. The van der Waals surface area contributed by atoms with Crippen molar-refractivity contribution < 1.29 is 29.7 Å². The lowest BCUT2D eigenvalue weighted by atomic mass is 9.62. The second-order valence-electron chi connectivity index (χ2n) is 12.6. The van der Waals surface area contributed by atoms with Crippen LogP contribution in [0.5, 0.6) is 0 Å². The van der Waals surface area contributed by atoms with Gasteiger partial charge < -0.3 is 36.6 Å². The van der Waals surface area contributed by atoms with Gasteiger partial charge in [0.1, 0.15) is 0 Å².